The van der Waals surface area contributed by atoms with Crippen LogP contribution in [0.25, 0.3) is 11.1 Å². The molecule has 145 valence electrons. The zero-order valence-electron chi connectivity index (χ0n) is 16.3. The van der Waals surface area contributed by atoms with E-state index < -0.39 is 13.4 Å². The van der Waals surface area contributed by atoms with E-state index in [-0.39, 0.29) is 9.64 Å². The summed E-state index contributed by atoms with van der Waals surface area (Å²) in [5.41, 5.74) is 6.46. The van der Waals surface area contributed by atoms with Gasteiger partial charge in [0.1, 0.15) is 0 Å². The Balaban J connectivity index is 1.71. The fraction of sp³-hybridized carbons (Fsp3) is 0.250. The van der Waals surface area contributed by atoms with Crippen LogP contribution in [-0.4, -0.2) is 0 Å². The third-order valence-electron chi connectivity index (χ3n) is 6.43. The van der Waals surface area contributed by atoms with E-state index in [9.17, 15) is 0 Å². The van der Waals surface area contributed by atoms with Crippen molar-refractivity contribution in [3.05, 3.63) is 95.6 Å². The monoisotopic (exact) mass is 446 g/mol. The Labute approximate surface area is 176 Å². The number of nitrogens with two attached hydrogens (primary N) is 1. The number of fused-ring (bicyclic) bond motifs is 3. The maximum absolute atomic E-state index is 7.19. The Bertz CT molecular complexity index is 960. The molecule has 2 N–H and O–H groups in total. The third-order valence-corrected chi connectivity index (χ3v) is 18.0. The zero-order chi connectivity index (χ0) is 20.0. The van der Waals surface area contributed by atoms with E-state index in [0.29, 0.717) is 4.73 Å². The first-order chi connectivity index (χ1) is 13.2. The molecular weight excluding hydrogens is 421 g/mol. The van der Waals surface area contributed by atoms with Gasteiger partial charge in [0.2, 0.25) is 0 Å². The fourth-order valence-corrected chi connectivity index (χ4v) is 9.57. The molecule has 3 aromatic carbocycles. The van der Waals surface area contributed by atoms with Crippen LogP contribution in [-0.2, 0) is 18.2 Å². The number of hydrogen-bond acceptors (Lipinski definition) is 1. The second-order valence-electron chi connectivity index (χ2n) is 8.75. The first-order valence-electron chi connectivity index (χ1n) is 9.78. The second-order valence-corrected chi connectivity index (χ2v) is 23.3. The SMILES string of the molecule is C[C](C)(CC1c2ccccc2-c2ccccc21)[Ti]([NH2])([Cl])([Cl])[CH2]c1ccccc1. The second kappa shape index (κ2) is 7.01. The van der Waals surface area contributed by atoms with Gasteiger partial charge in [-0.15, -0.1) is 0 Å². The molecular formula is C24H26Cl2NTi. The summed E-state index contributed by atoms with van der Waals surface area (Å²) >= 11 is -4.33. The van der Waals surface area contributed by atoms with Crippen molar-refractivity contribution in [2.45, 2.75) is 34.6 Å². The van der Waals surface area contributed by atoms with Gasteiger partial charge in [-0.3, -0.25) is 0 Å². The van der Waals surface area contributed by atoms with Gasteiger partial charge in [-0.1, -0.05) is 0 Å². The summed E-state index contributed by atoms with van der Waals surface area (Å²) in [6.07, 6.45) is 0.842. The van der Waals surface area contributed by atoms with Crippen molar-refractivity contribution in [3.8, 4) is 11.1 Å². The van der Waals surface area contributed by atoms with Gasteiger partial charge < -0.3 is 0 Å². The minimum atomic E-state index is -4.33. The molecule has 3 aromatic rings. The van der Waals surface area contributed by atoms with Crippen LogP contribution in [0.15, 0.2) is 78.9 Å². The van der Waals surface area contributed by atoms with Gasteiger partial charge in [-0.05, 0) is 0 Å². The Morgan fingerprint density at radius 2 is 1.25 bits per heavy atom. The molecule has 0 aliphatic heterocycles. The Morgan fingerprint density at radius 3 is 1.79 bits per heavy atom. The summed E-state index contributed by atoms with van der Waals surface area (Å²) in [7, 11) is 14.4. The van der Waals surface area contributed by atoms with E-state index in [1.54, 1.807) is 0 Å². The predicted molar refractivity (Wildman–Crippen MR) is 118 cm³/mol. The van der Waals surface area contributed by atoms with Gasteiger partial charge in [0.05, 0.1) is 0 Å². The minimum absolute atomic E-state index is 0.266. The van der Waals surface area contributed by atoms with E-state index in [1.165, 1.54) is 22.3 Å². The Morgan fingerprint density at radius 1 is 0.786 bits per heavy atom. The Kier molecular flexibility index (Phi) is 5.05. The number of rotatable bonds is 5. The normalized spacial score (nSPS) is 15.5. The van der Waals surface area contributed by atoms with Crippen LogP contribution >= 0.6 is 18.6 Å². The summed E-state index contributed by atoms with van der Waals surface area (Å²) in [5.74, 6) is 0.266. The van der Waals surface area contributed by atoms with Crippen LogP contribution in [0, 0.1) is 0 Å². The molecule has 0 unspecified atom stereocenters. The van der Waals surface area contributed by atoms with Gasteiger partial charge in [-0.25, -0.2) is 0 Å². The molecule has 0 bridgehead atoms. The molecule has 28 heavy (non-hydrogen) atoms. The zero-order valence-corrected chi connectivity index (χ0v) is 19.4. The topological polar surface area (TPSA) is 26.0 Å². The van der Waals surface area contributed by atoms with Gasteiger partial charge in [0.15, 0.2) is 0 Å². The van der Waals surface area contributed by atoms with E-state index in [0.717, 1.165) is 12.0 Å². The van der Waals surface area contributed by atoms with Gasteiger partial charge >= 0.3 is 178 Å². The maximum atomic E-state index is 7.19. The summed E-state index contributed by atoms with van der Waals surface area (Å²) < 4.78 is 7.13. The molecule has 0 spiro atoms. The Hall–Kier alpha value is -1.09. The van der Waals surface area contributed by atoms with Crippen molar-refractivity contribution >= 4 is 18.6 Å². The molecule has 0 fully saturated rings. The van der Waals surface area contributed by atoms with Crippen LogP contribution in [0.2, 0.25) is 3.72 Å². The quantitative estimate of drug-likeness (QED) is 0.404. The number of halogens is 2. The molecule has 4 heteroatoms. The average molecular weight is 447 g/mol. The van der Waals surface area contributed by atoms with E-state index in [1.807, 2.05) is 18.2 Å². The van der Waals surface area contributed by atoms with E-state index in [4.69, 9.17) is 22.8 Å². The van der Waals surface area contributed by atoms with Crippen LogP contribution in [0.1, 0.15) is 42.9 Å². The number of benzene rings is 3. The molecule has 1 nitrogen and oxygen atoms in total. The summed E-state index contributed by atoms with van der Waals surface area (Å²) in [4.78, 5) is 0. The van der Waals surface area contributed by atoms with Crippen molar-refractivity contribution < 1.29 is 13.4 Å². The standard InChI is InChI=1S/C17H17.C7H7.2ClH.H2N.Ti/c1-12(2)11-17-15-9-5-3-7-13(15)14-8-4-6-10-16(14)17;1-7-5-3-2-4-6-7;;;;/h3-10,17H,11H2,1-2H3;2-6H,1H2;2*1H;1H2;/q;;;;-1;+3/p-2. The molecule has 0 saturated carbocycles. The predicted octanol–water partition coefficient (Wildman–Crippen LogP) is 7.46. The summed E-state index contributed by atoms with van der Waals surface area (Å²) in [6, 6.07) is 27.5. The molecule has 1 aliphatic carbocycles. The van der Waals surface area contributed by atoms with Crippen molar-refractivity contribution in [2.75, 3.05) is 0 Å². The molecule has 0 heterocycles. The van der Waals surface area contributed by atoms with Crippen LogP contribution in [0.4, 0.5) is 0 Å². The molecule has 0 atom stereocenters. The molecule has 4 rings (SSSR count). The van der Waals surface area contributed by atoms with Gasteiger partial charge in [0, 0.05) is 0 Å². The van der Waals surface area contributed by atoms with Gasteiger partial charge in [-0.2, -0.15) is 0 Å². The van der Waals surface area contributed by atoms with E-state index >= 15 is 0 Å². The van der Waals surface area contributed by atoms with Crippen LogP contribution in [0.5, 0.6) is 0 Å². The van der Waals surface area contributed by atoms with Crippen molar-refractivity contribution in [1.82, 2.24) is 0 Å². The van der Waals surface area contributed by atoms with Gasteiger partial charge in [0.25, 0.3) is 0 Å². The van der Waals surface area contributed by atoms with Crippen molar-refractivity contribution in [3.63, 3.8) is 0 Å². The average Bonchev–Trinajstić information content (AvgIpc) is 2.96. The first kappa shape index (κ1) is 20.2. The summed E-state index contributed by atoms with van der Waals surface area (Å²) in [6.45, 7) is 4.33. The third kappa shape index (κ3) is 3.49. The molecule has 0 amide bonds. The van der Waals surface area contributed by atoms with E-state index in [2.05, 4.69) is 74.5 Å². The van der Waals surface area contributed by atoms with Crippen molar-refractivity contribution in [2.24, 2.45) is 4.22 Å². The molecule has 1 aliphatic rings. The molecule has 0 aromatic heterocycles. The fourth-order valence-electron chi connectivity index (χ4n) is 4.41. The summed E-state index contributed by atoms with van der Waals surface area (Å²) in [5, 5.41) is 0. The number of hydrogen-bond donors (Lipinski definition) is 1. The molecule has 0 radical (unpaired) electrons. The molecule has 0 saturated heterocycles. The first-order valence-corrected chi connectivity index (χ1v) is 16.9. The van der Waals surface area contributed by atoms with Crippen LogP contribution in [0.3, 0.4) is 0 Å². The van der Waals surface area contributed by atoms with Crippen LogP contribution < -0.4 is 4.22 Å². The van der Waals surface area contributed by atoms with Crippen molar-refractivity contribution in [1.29, 1.82) is 0 Å².